The third-order valence-electron chi connectivity index (χ3n) is 5.14. The molecule has 182 valence electrons. The third kappa shape index (κ3) is 9.67. The maximum atomic E-state index is 12.7. The monoisotopic (exact) mass is 526 g/mol. The van der Waals surface area contributed by atoms with Crippen molar-refractivity contribution in [3.8, 4) is 0 Å². The van der Waals surface area contributed by atoms with Gasteiger partial charge < -0.3 is 9.47 Å². The van der Waals surface area contributed by atoms with E-state index in [0.29, 0.717) is 0 Å². The highest BCUT2D eigenvalue weighted by molar-refractivity contribution is 6.54. The van der Waals surface area contributed by atoms with Crippen molar-refractivity contribution in [1.82, 2.24) is 0 Å². The number of carbonyl (C=O) groups excluding carboxylic acids is 2. The van der Waals surface area contributed by atoms with Crippen molar-refractivity contribution < 1.29 is 19.1 Å². The molecule has 0 amide bonds. The molecule has 1 aromatic rings. The quantitative estimate of drug-likeness (QED) is 0.0929. The van der Waals surface area contributed by atoms with Gasteiger partial charge in [0.25, 0.3) is 0 Å². The Labute approximate surface area is 212 Å². The number of hydrogen-bond donors (Lipinski definition) is 0. The van der Waals surface area contributed by atoms with Crippen molar-refractivity contribution in [3.05, 3.63) is 31.2 Å². The van der Waals surface area contributed by atoms with Gasteiger partial charge in [-0.3, -0.25) is 0 Å². The highest BCUT2D eigenvalue weighted by atomic mass is 35.5. The molecule has 8 heteroatoms. The van der Waals surface area contributed by atoms with Crippen LogP contribution in [0.15, 0.2) is 0 Å². The first kappa shape index (κ1) is 29.4. The predicted octanol–water partition coefficient (Wildman–Crippen LogP) is 9.33. The highest BCUT2D eigenvalue weighted by Gasteiger charge is 2.30. The Bertz CT molecular complexity index is 676. The molecule has 0 aliphatic heterocycles. The fourth-order valence-electron chi connectivity index (χ4n) is 3.25. The second-order valence-corrected chi connectivity index (χ2v) is 9.33. The Hall–Kier alpha value is -0.680. The van der Waals surface area contributed by atoms with Crippen molar-refractivity contribution in [2.45, 2.75) is 90.9 Å². The van der Waals surface area contributed by atoms with Crippen LogP contribution in [0, 0.1) is 0 Å². The summed E-state index contributed by atoms with van der Waals surface area (Å²) < 4.78 is 10.7. The summed E-state index contributed by atoms with van der Waals surface area (Å²) in [5, 5.41) is -0.532. The van der Waals surface area contributed by atoms with E-state index in [4.69, 9.17) is 55.9 Å². The summed E-state index contributed by atoms with van der Waals surface area (Å²) in [5.41, 5.74) is -0.407. The number of hydrogen-bond acceptors (Lipinski definition) is 4. The fraction of sp³-hybridized carbons (Fsp3) is 0.667. The molecule has 32 heavy (non-hydrogen) atoms. The van der Waals surface area contributed by atoms with Gasteiger partial charge in [-0.1, -0.05) is 124 Å². The second-order valence-electron chi connectivity index (χ2n) is 7.81. The van der Waals surface area contributed by atoms with Crippen LogP contribution in [0.25, 0.3) is 0 Å². The Kier molecular flexibility index (Phi) is 15.5. The van der Waals surface area contributed by atoms with Gasteiger partial charge in [0.2, 0.25) is 0 Å². The molecular formula is C24H34Cl4O4. The van der Waals surface area contributed by atoms with Crippen molar-refractivity contribution >= 4 is 58.3 Å². The topological polar surface area (TPSA) is 52.6 Å². The molecule has 1 aromatic carbocycles. The van der Waals surface area contributed by atoms with E-state index in [1.54, 1.807) is 0 Å². The minimum atomic E-state index is -0.768. The zero-order valence-corrected chi connectivity index (χ0v) is 22.1. The van der Waals surface area contributed by atoms with Crippen LogP contribution in [0.5, 0.6) is 0 Å². The first-order valence-corrected chi connectivity index (χ1v) is 13.1. The zero-order chi connectivity index (χ0) is 23.9. The average Bonchev–Trinajstić information content (AvgIpc) is 2.78. The maximum absolute atomic E-state index is 12.7. The Morgan fingerprint density at radius 3 is 1.19 bits per heavy atom. The van der Waals surface area contributed by atoms with Gasteiger partial charge in [0.1, 0.15) is 0 Å². The lowest BCUT2D eigenvalue weighted by molar-refractivity contribution is 0.0450. The van der Waals surface area contributed by atoms with Gasteiger partial charge in [-0.05, 0) is 12.8 Å². The van der Waals surface area contributed by atoms with E-state index in [0.717, 1.165) is 51.4 Å². The molecule has 0 fully saturated rings. The summed E-state index contributed by atoms with van der Waals surface area (Å²) in [7, 11) is 0. The van der Waals surface area contributed by atoms with Crippen LogP contribution in [-0.4, -0.2) is 25.2 Å². The van der Waals surface area contributed by atoms with Crippen molar-refractivity contribution in [2.24, 2.45) is 0 Å². The molecule has 0 saturated heterocycles. The third-order valence-corrected chi connectivity index (χ3v) is 6.94. The van der Waals surface area contributed by atoms with Crippen molar-refractivity contribution in [3.63, 3.8) is 0 Å². The zero-order valence-electron chi connectivity index (χ0n) is 19.0. The number of halogens is 4. The Balaban J connectivity index is 2.79. The summed E-state index contributed by atoms with van der Waals surface area (Å²) in [6, 6.07) is 0. The molecule has 0 radical (unpaired) electrons. The van der Waals surface area contributed by atoms with Gasteiger partial charge in [-0.2, -0.15) is 0 Å². The van der Waals surface area contributed by atoms with Gasteiger partial charge in [-0.15, -0.1) is 0 Å². The molecule has 0 saturated carbocycles. The number of carbonyl (C=O) groups is 2. The molecule has 0 aromatic heterocycles. The van der Waals surface area contributed by atoms with Gasteiger partial charge in [-0.25, -0.2) is 9.59 Å². The normalized spacial score (nSPS) is 10.9. The number of rotatable bonds is 16. The number of unbranched alkanes of at least 4 members (excludes halogenated alkanes) is 10. The average molecular weight is 528 g/mol. The van der Waals surface area contributed by atoms with E-state index in [2.05, 4.69) is 13.8 Å². The van der Waals surface area contributed by atoms with E-state index in [1.807, 2.05) is 0 Å². The molecule has 4 nitrogen and oxygen atoms in total. The summed E-state index contributed by atoms with van der Waals surface area (Å²) in [6.07, 6.45) is 12.6. The standard InChI is InChI=1S/C24H34Cl4O4/c1-3-5-7-9-11-13-15-31-23(29)17-18(20(26)22(28)21(27)19(17)25)24(30)32-16-14-12-10-8-6-4-2/h3-16H2,1-2H3. The van der Waals surface area contributed by atoms with Gasteiger partial charge >= 0.3 is 11.9 Å². The summed E-state index contributed by atoms with van der Waals surface area (Å²) in [6.45, 7) is 4.74. The van der Waals surface area contributed by atoms with E-state index in [-0.39, 0.29) is 44.4 Å². The Morgan fingerprint density at radius 1 is 0.531 bits per heavy atom. The second kappa shape index (κ2) is 16.9. The molecule has 0 atom stereocenters. The van der Waals surface area contributed by atoms with Gasteiger partial charge in [0, 0.05) is 0 Å². The van der Waals surface area contributed by atoms with Gasteiger partial charge in [0.05, 0.1) is 44.4 Å². The molecule has 0 bridgehead atoms. The SMILES string of the molecule is CCCCCCCCOC(=O)c1c(Cl)c(Cl)c(Cl)c(Cl)c1C(=O)OCCCCCCCC. The van der Waals surface area contributed by atoms with E-state index in [9.17, 15) is 9.59 Å². The largest absolute Gasteiger partial charge is 0.462 e. The lowest BCUT2D eigenvalue weighted by Gasteiger charge is -2.15. The van der Waals surface area contributed by atoms with Crippen LogP contribution in [0.3, 0.4) is 0 Å². The number of benzene rings is 1. The number of esters is 2. The molecule has 0 aliphatic carbocycles. The molecule has 1 rings (SSSR count). The van der Waals surface area contributed by atoms with Crippen LogP contribution in [0.4, 0.5) is 0 Å². The van der Waals surface area contributed by atoms with Crippen molar-refractivity contribution in [2.75, 3.05) is 13.2 Å². The van der Waals surface area contributed by atoms with E-state index in [1.165, 1.54) is 25.7 Å². The lowest BCUT2D eigenvalue weighted by Crippen LogP contribution is -2.17. The summed E-state index contributed by atoms with van der Waals surface area (Å²) in [5.74, 6) is -1.54. The molecular weight excluding hydrogens is 494 g/mol. The lowest BCUT2D eigenvalue weighted by atomic mass is 10.1. The van der Waals surface area contributed by atoms with Crippen LogP contribution in [0.1, 0.15) is 112 Å². The minimum Gasteiger partial charge on any atom is -0.462 e. The first-order chi connectivity index (χ1) is 15.4. The van der Waals surface area contributed by atoms with E-state index < -0.39 is 11.9 Å². The molecule has 0 aliphatic rings. The van der Waals surface area contributed by atoms with Gasteiger partial charge in [0.15, 0.2) is 0 Å². The molecule has 0 N–H and O–H groups in total. The minimum absolute atomic E-state index is 0.0997. The van der Waals surface area contributed by atoms with E-state index >= 15 is 0 Å². The first-order valence-electron chi connectivity index (χ1n) is 11.6. The molecule has 0 heterocycles. The highest BCUT2D eigenvalue weighted by Crippen LogP contribution is 2.42. The summed E-state index contributed by atoms with van der Waals surface area (Å²) >= 11 is 24.8. The maximum Gasteiger partial charge on any atom is 0.340 e. The smallest absolute Gasteiger partial charge is 0.340 e. The van der Waals surface area contributed by atoms with Crippen molar-refractivity contribution in [1.29, 1.82) is 0 Å². The van der Waals surface area contributed by atoms with Crippen LogP contribution >= 0.6 is 46.4 Å². The predicted molar refractivity (Wildman–Crippen MR) is 134 cm³/mol. The van der Waals surface area contributed by atoms with Crippen LogP contribution in [-0.2, 0) is 9.47 Å². The van der Waals surface area contributed by atoms with Crippen LogP contribution in [0.2, 0.25) is 20.1 Å². The number of ether oxygens (including phenoxy) is 2. The molecule has 0 unspecified atom stereocenters. The fourth-order valence-corrected chi connectivity index (χ4v) is 4.26. The Morgan fingerprint density at radius 2 is 0.844 bits per heavy atom. The summed E-state index contributed by atoms with van der Waals surface area (Å²) in [4.78, 5) is 25.5. The van der Waals surface area contributed by atoms with Crippen LogP contribution < -0.4 is 0 Å². The molecule has 0 spiro atoms.